The highest BCUT2D eigenvalue weighted by atomic mass is 79.9. The summed E-state index contributed by atoms with van der Waals surface area (Å²) < 4.78 is 14.8. The molecule has 0 aliphatic rings. The van der Waals surface area contributed by atoms with Crippen LogP contribution in [0.3, 0.4) is 0 Å². The number of carbonyl (C=O) groups is 1. The minimum atomic E-state index is -0.646. The Morgan fingerprint density at radius 1 is 1.33 bits per heavy atom. The molecule has 3 N–H and O–H groups in total. The number of carbonyl (C=O) groups excluding carboxylic acids is 1. The highest BCUT2D eigenvalue weighted by Crippen LogP contribution is 2.26. The molecule has 5 heteroatoms. The van der Waals surface area contributed by atoms with Gasteiger partial charge >= 0.3 is 0 Å². The number of hydrogen-bond acceptors (Lipinski definition) is 2. The third-order valence-electron chi connectivity index (χ3n) is 3.35. The Bertz CT molecular complexity index is 688. The molecule has 0 aliphatic heterocycles. The van der Waals surface area contributed by atoms with E-state index in [9.17, 15) is 9.18 Å². The third kappa shape index (κ3) is 3.61. The number of nitrogens with one attached hydrogen (secondary N) is 1. The summed E-state index contributed by atoms with van der Waals surface area (Å²) in [6.07, 6.45) is 0. The molecular formula is C16H16BrFN2O. The average Bonchev–Trinajstić information content (AvgIpc) is 2.43. The second-order valence-electron chi connectivity index (χ2n) is 4.92. The van der Waals surface area contributed by atoms with Crippen molar-refractivity contribution in [3.05, 3.63) is 63.4 Å². The fourth-order valence-electron chi connectivity index (χ4n) is 2.06. The van der Waals surface area contributed by atoms with Crippen molar-refractivity contribution in [2.24, 2.45) is 5.73 Å². The lowest BCUT2D eigenvalue weighted by Gasteiger charge is -2.18. The van der Waals surface area contributed by atoms with Gasteiger partial charge in [-0.25, -0.2) is 4.39 Å². The van der Waals surface area contributed by atoms with Crippen molar-refractivity contribution in [3.8, 4) is 0 Å². The number of anilines is 1. The van der Waals surface area contributed by atoms with Gasteiger partial charge in [-0.05, 0) is 43.7 Å². The van der Waals surface area contributed by atoms with Gasteiger partial charge in [-0.2, -0.15) is 0 Å². The van der Waals surface area contributed by atoms with E-state index in [-0.39, 0.29) is 11.6 Å². The van der Waals surface area contributed by atoms with Crippen LogP contribution in [0.4, 0.5) is 10.1 Å². The normalized spacial score (nSPS) is 12.0. The molecular weight excluding hydrogens is 335 g/mol. The zero-order chi connectivity index (χ0) is 15.6. The van der Waals surface area contributed by atoms with E-state index in [0.717, 1.165) is 16.1 Å². The van der Waals surface area contributed by atoms with Gasteiger partial charge in [-0.3, -0.25) is 4.79 Å². The Morgan fingerprint density at radius 2 is 2.05 bits per heavy atom. The highest BCUT2D eigenvalue weighted by Gasteiger charge is 2.13. The van der Waals surface area contributed by atoms with E-state index in [1.165, 1.54) is 0 Å². The zero-order valence-electron chi connectivity index (χ0n) is 11.8. The standard InChI is InChI=1S/C16H16BrFN2O/c1-9-14(18)7-12(16(19)21)8-15(9)20-10(2)11-4-3-5-13(17)6-11/h3-8,10,20H,1-2H3,(H2,19,21). The van der Waals surface area contributed by atoms with Crippen molar-refractivity contribution < 1.29 is 9.18 Å². The number of amides is 1. The zero-order valence-corrected chi connectivity index (χ0v) is 13.4. The van der Waals surface area contributed by atoms with Gasteiger partial charge in [0.25, 0.3) is 0 Å². The summed E-state index contributed by atoms with van der Waals surface area (Å²) in [4.78, 5) is 11.2. The summed E-state index contributed by atoms with van der Waals surface area (Å²) >= 11 is 3.42. The van der Waals surface area contributed by atoms with Crippen molar-refractivity contribution in [1.82, 2.24) is 0 Å². The number of primary amides is 1. The quantitative estimate of drug-likeness (QED) is 0.869. The van der Waals surface area contributed by atoms with Gasteiger partial charge in [0, 0.05) is 27.3 Å². The molecule has 0 bridgehead atoms. The Hall–Kier alpha value is -1.88. The topological polar surface area (TPSA) is 55.1 Å². The van der Waals surface area contributed by atoms with E-state index < -0.39 is 11.7 Å². The minimum absolute atomic E-state index is 0.0382. The van der Waals surface area contributed by atoms with Crippen molar-refractivity contribution in [2.75, 3.05) is 5.32 Å². The maximum atomic E-state index is 13.9. The first-order chi connectivity index (χ1) is 9.88. The predicted molar refractivity (Wildman–Crippen MR) is 85.8 cm³/mol. The van der Waals surface area contributed by atoms with Crippen molar-refractivity contribution in [3.63, 3.8) is 0 Å². The summed E-state index contributed by atoms with van der Waals surface area (Å²) in [6, 6.07) is 10.5. The molecule has 1 atom stereocenters. The first kappa shape index (κ1) is 15.5. The summed E-state index contributed by atoms with van der Waals surface area (Å²) in [5.41, 5.74) is 7.45. The summed E-state index contributed by atoms with van der Waals surface area (Å²) in [5.74, 6) is -1.10. The fourth-order valence-corrected chi connectivity index (χ4v) is 2.48. The molecule has 2 rings (SSSR count). The third-order valence-corrected chi connectivity index (χ3v) is 3.84. The molecule has 0 heterocycles. The monoisotopic (exact) mass is 350 g/mol. The maximum Gasteiger partial charge on any atom is 0.248 e. The van der Waals surface area contributed by atoms with Gasteiger partial charge in [-0.1, -0.05) is 28.1 Å². The smallest absolute Gasteiger partial charge is 0.248 e. The van der Waals surface area contributed by atoms with Gasteiger partial charge in [0.05, 0.1) is 0 Å². The van der Waals surface area contributed by atoms with Gasteiger partial charge < -0.3 is 11.1 Å². The lowest BCUT2D eigenvalue weighted by atomic mass is 10.1. The second kappa shape index (κ2) is 6.26. The molecule has 0 saturated heterocycles. The van der Waals surface area contributed by atoms with Crippen LogP contribution in [0.1, 0.15) is 34.5 Å². The summed E-state index contributed by atoms with van der Waals surface area (Å²) in [7, 11) is 0. The Balaban J connectivity index is 2.32. The van der Waals surface area contributed by atoms with E-state index >= 15 is 0 Å². The Kier molecular flexibility index (Phi) is 4.63. The fraction of sp³-hybridized carbons (Fsp3) is 0.188. The van der Waals surface area contributed by atoms with E-state index in [2.05, 4.69) is 21.2 Å². The summed E-state index contributed by atoms with van der Waals surface area (Å²) in [5, 5.41) is 3.22. The molecule has 0 spiro atoms. The molecule has 0 fully saturated rings. The molecule has 0 aliphatic carbocycles. The molecule has 1 amide bonds. The van der Waals surface area contributed by atoms with Crippen molar-refractivity contribution in [1.29, 1.82) is 0 Å². The Labute approximate surface area is 131 Å². The highest BCUT2D eigenvalue weighted by molar-refractivity contribution is 9.10. The molecule has 110 valence electrons. The molecule has 0 saturated carbocycles. The van der Waals surface area contributed by atoms with Gasteiger partial charge in [-0.15, -0.1) is 0 Å². The number of benzene rings is 2. The van der Waals surface area contributed by atoms with Crippen LogP contribution in [0.5, 0.6) is 0 Å². The number of halogens is 2. The second-order valence-corrected chi connectivity index (χ2v) is 5.83. The van der Waals surface area contributed by atoms with Crippen LogP contribution >= 0.6 is 15.9 Å². The lowest BCUT2D eigenvalue weighted by Crippen LogP contribution is -2.14. The van der Waals surface area contributed by atoms with Gasteiger partial charge in [0.1, 0.15) is 5.82 Å². The minimum Gasteiger partial charge on any atom is -0.378 e. The van der Waals surface area contributed by atoms with E-state index in [1.54, 1.807) is 13.0 Å². The first-order valence-electron chi connectivity index (χ1n) is 6.50. The van der Waals surface area contributed by atoms with Crippen LogP contribution in [-0.2, 0) is 0 Å². The van der Waals surface area contributed by atoms with Crippen LogP contribution in [0, 0.1) is 12.7 Å². The molecule has 0 aromatic heterocycles. The molecule has 3 nitrogen and oxygen atoms in total. The van der Waals surface area contributed by atoms with Crippen LogP contribution in [0.25, 0.3) is 0 Å². The van der Waals surface area contributed by atoms with Crippen molar-refractivity contribution >= 4 is 27.5 Å². The van der Waals surface area contributed by atoms with Crippen molar-refractivity contribution in [2.45, 2.75) is 19.9 Å². The maximum absolute atomic E-state index is 13.9. The van der Waals surface area contributed by atoms with Crippen LogP contribution in [-0.4, -0.2) is 5.91 Å². The van der Waals surface area contributed by atoms with Crippen LogP contribution < -0.4 is 11.1 Å². The first-order valence-corrected chi connectivity index (χ1v) is 7.29. The number of nitrogens with two attached hydrogens (primary N) is 1. The Morgan fingerprint density at radius 3 is 2.67 bits per heavy atom. The summed E-state index contributed by atoms with van der Waals surface area (Å²) in [6.45, 7) is 3.63. The lowest BCUT2D eigenvalue weighted by molar-refractivity contribution is 0.1000. The predicted octanol–water partition coefficient (Wildman–Crippen LogP) is 4.17. The molecule has 21 heavy (non-hydrogen) atoms. The molecule has 2 aromatic carbocycles. The van der Waals surface area contributed by atoms with Gasteiger partial charge in [0.2, 0.25) is 5.91 Å². The van der Waals surface area contributed by atoms with Crippen LogP contribution in [0.15, 0.2) is 40.9 Å². The SMILES string of the molecule is Cc1c(F)cc(C(N)=O)cc1NC(C)c1cccc(Br)c1. The molecule has 2 aromatic rings. The van der Waals surface area contributed by atoms with E-state index in [1.807, 2.05) is 31.2 Å². The van der Waals surface area contributed by atoms with E-state index in [0.29, 0.717) is 11.3 Å². The van der Waals surface area contributed by atoms with E-state index in [4.69, 9.17) is 5.73 Å². The largest absolute Gasteiger partial charge is 0.378 e. The van der Waals surface area contributed by atoms with Gasteiger partial charge in [0.15, 0.2) is 0 Å². The molecule has 0 radical (unpaired) electrons. The number of hydrogen-bond donors (Lipinski definition) is 2. The average molecular weight is 351 g/mol. The number of rotatable bonds is 4. The van der Waals surface area contributed by atoms with Crippen LogP contribution in [0.2, 0.25) is 0 Å². The molecule has 1 unspecified atom stereocenters.